The van der Waals surface area contributed by atoms with Crippen molar-refractivity contribution in [2.45, 2.75) is 65.6 Å². The van der Waals surface area contributed by atoms with Crippen LogP contribution in [0.4, 0.5) is 4.79 Å². The summed E-state index contributed by atoms with van der Waals surface area (Å²) in [6.07, 6.45) is 2.78. The summed E-state index contributed by atoms with van der Waals surface area (Å²) >= 11 is -1.44. The van der Waals surface area contributed by atoms with Crippen LogP contribution in [0.15, 0.2) is 4.40 Å². The van der Waals surface area contributed by atoms with Crippen molar-refractivity contribution in [3.05, 3.63) is 0 Å². The van der Waals surface area contributed by atoms with Gasteiger partial charge >= 0.3 is 6.09 Å². The first-order chi connectivity index (χ1) is 9.51. The van der Waals surface area contributed by atoms with Crippen LogP contribution in [0.1, 0.15) is 60.8 Å². The van der Waals surface area contributed by atoms with Gasteiger partial charge in [0.2, 0.25) is 0 Å². The summed E-state index contributed by atoms with van der Waals surface area (Å²) in [7, 11) is 0. The molecule has 1 aliphatic heterocycles. The highest BCUT2D eigenvalue weighted by Crippen LogP contribution is 2.24. The average Bonchev–Trinajstić information content (AvgIpc) is 2.36. The van der Waals surface area contributed by atoms with Gasteiger partial charge in [0.1, 0.15) is 16.1 Å². The molecular weight excluding hydrogens is 288 g/mol. The second-order valence-electron chi connectivity index (χ2n) is 7.42. The lowest BCUT2D eigenvalue weighted by atomic mass is 9.97. The molecule has 0 radical (unpaired) electrons. The SMILES string of the molecule is CC(C)(C)C(=N[S+]([O-])C(C)(C)C)OC(=O)N1CCCCC1. The van der Waals surface area contributed by atoms with Crippen LogP contribution in [0.2, 0.25) is 0 Å². The van der Waals surface area contributed by atoms with Crippen LogP contribution in [0, 0.1) is 5.41 Å². The number of amides is 1. The Morgan fingerprint density at radius 1 is 1.10 bits per heavy atom. The highest BCUT2D eigenvalue weighted by Gasteiger charge is 2.33. The largest absolute Gasteiger partial charge is 0.591 e. The lowest BCUT2D eigenvalue weighted by molar-refractivity contribution is 0.134. The maximum absolute atomic E-state index is 12.2. The predicted molar refractivity (Wildman–Crippen MR) is 86.7 cm³/mol. The monoisotopic (exact) mass is 316 g/mol. The molecule has 0 spiro atoms. The minimum Gasteiger partial charge on any atom is -0.591 e. The minimum absolute atomic E-state index is 0.242. The summed E-state index contributed by atoms with van der Waals surface area (Å²) in [6.45, 7) is 12.7. The molecule has 6 heteroatoms. The Hall–Kier alpha value is -0.750. The molecule has 0 aromatic heterocycles. The summed E-state index contributed by atoms with van der Waals surface area (Å²) in [5.74, 6) is 0.242. The molecule has 0 aromatic carbocycles. The van der Waals surface area contributed by atoms with Gasteiger partial charge in [-0.3, -0.25) is 0 Å². The quantitative estimate of drug-likeness (QED) is 0.422. The molecule has 21 heavy (non-hydrogen) atoms. The van der Waals surface area contributed by atoms with Crippen molar-refractivity contribution >= 4 is 23.4 Å². The van der Waals surface area contributed by atoms with E-state index in [-0.39, 0.29) is 12.0 Å². The first kappa shape index (κ1) is 18.3. The molecule has 5 nitrogen and oxygen atoms in total. The average molecular weight is 316 g/mol. The lowest BCUT2D eigenvalue weighted by Gasteiger charge is -2.28. The molecular formula is C15H28N2O3S. The van der Waals surface area contributed by atoms with Gasteiger partial charge < -0.3 is 14.2 Å². The van der Waals surface area contributed by atoms with E-state index in [0.29, 0.717) is 0 Å². The minimum atomic E-state index is -1.44. The smallest absolute Gasteiger partial charge is 0.416 e. The van der Waals surface area contributed by atoms with E-state index in [0.717, 1.165) is 32.4 Å². The Morgan fingerprint density at radius 3 is 2.05 bits per heavy atom. The van der Waals surface area contributed by atoms with Gasteiger partial charge in [-0.1, -0.05) is 20.8 Å². The first-order valence-electron chi connectivity index (χ1n) is 7.50. The zero-order chi connectivity index (χ0) is 16.3. The van der Waals surface area contributed by atoms with E-state index < -0.39 is 21.5 Å². The summed E-state index contributed by atoms with van der Waals surface area (Å²) in [4.78, 5) is 13.9. The fraction of sp³-hybridized carbons (Fsp3) is 0.867. The van der Waals surface area contributed by atoms with Crippen molar-refractivity contribution in [2.24, 2.45) is 9.81 Å². The third-order valence-electron chi connectivity index (χ3n) is 3.13. The second kappa shape index (κ2) is 7.01. The molecule has 1 heterocycles. The molecule has 0 bridgehead atoms. The van der Waals surface area contributed by atoms with E-state index in [4.69, 9.17) is 4.74 Å². The maximum atomic E-state index is 12.2. The molecule has 1 fully saturated rings. The van der Waals surface area contributed by atoms with E-state index >= 15 is 0 Å². The number of piperidine rings is 1. The van der Waals surface area contributed by atoms with Crippen molar-refractivity contribution in [3.63, 3.8) is 0 Å². The summed E-state index contributed by atoms with van der Waals surface area (Å²) in [6, 6.07) is 0. The van der Waals surface area contributed by atoms with Gasteiger partial charge in [-0.25, -0.2) is 4.79 Å². The van der Waals surface area contributed by atoms with E-state index in [2.05, 4.69) is 4.40 Å². The predicted octanol–water partition coefficient (Wildman–Crippen LogP) is 3.52. The van der Waals surface area contributed by atoms with E-state index in [1.165, 1.54) is 0 Å². The standard InChI is InChI=1S/C15H28N2O3S/c1-14(2,3)12(16-21(19)15(4,5)6)20-13(18)17-10-8-7-9-11-17/h7-11H2,1-6H3. The fourth-order valence-electron chi connectivity index (χ4n) is 1.74. The van der Waals surface area contributed by atoms with Crippen LogP contribution in [0.3, 0.4) is 0 Å². The Morgan fingerprint density at radius 2 is 1.62 bits per heavy atom. The highest BCUT2D eigenvalue weighted by atomic mass is 32.2. The topological polar surface area (TPSA) is 65.0 Å². The summed E-state index contributed by atoms with van der Waals surface area (Å²) in [5, 5.41) is 0. The third kappa shape index (κ3) is 5.87. The molecule has 1 unspecified atom stereocenters. The normalized spacial score (nSPS) is 19.4. The zero-order valence-corrected chi connectivity index (χ0v) is 14.9. The number of ether oxygens (including phenoxy) is 1. The molecule has 122 valence electrons. The van der Waals surface area contributed by atoms with Gasteiger partial charge in [0.15, 0.2) is 0 Å². The van der Waals surface area contributed by atoms with Crippen molar-refractivity contribution in [1.82, 2.24) is 4.90 Å². The van der Waals surface area contributed by atoms with Gasteiger partial charge in [-0.2, -0.15) is 0 Å². The molecule has 0 N–H and O–H groups in total. The number of rotatable bonds is 1. The van der Waals surface area contributed by atoms with Crippen LogP contribution in [-0.2, 0) is 16.1 Å². The highest BCUT2D eigenvalue weighted by molar-refractivity contribution is 7.91. The number of carbonyl (C=O) groups is 1. The Kier molecular flexibility index (Phi) is 6.11. The van der Waals surface area contributed by atoms with E-state index in [1.807, 2.05) is 41.5 Å². The van der Waals surface area contributed by atoms with Gasteiger partial charge in [0.05, 0.1) is 0 Å². The molecule has 1 rings (SSSR count). The second-order valence-corrected chi connectivity index (χ2v) is 9.33. The molecule has 1 amide bonds. The maximum Gasteiger partial charge on any atom is 0.416 e. The van der Waals surface area contributed by atoms with Crippen LogP contribution >= 0.6 is 0 Å². The van der Waals surface area contributed by atoms with Gasteiger partial charge in [-0.05, 0) is 44.4 Å². The molecule has 1 saturated heterocycles. The van der Waals surface area contributed by atoms with Crippen molar-refractivity contribution < 1.29 is 14.1 Å². The summed E-state index contributed by atoms with van der Waals surface area (Å²) in [5.41, 5.74) is -0.466. The van der Waals surface area contributed by atoms with Crippen molar-refractivity contribution in [3.8, 4) is 0 Å². The first-order valence-corrected chi connectivity index (χ1v) is 8.60. The third-order valence-corrected chi connectivity index (χ3v) is 4.51. The van der Waals surface area contributed by atoms with Crippen molar-refractivity contribution in [1.29, 1.82) is 0 Å². The Balaban J connectivity index is 2.84. The molecule has 0 aromatic rings. The van der Waals surface area contributed by atoms with Crippen LogP contribution in [-0.4, -0.2) is 39.3 Å². The summed E-state index contributed by atoms with van der Waals surface area (Å²) < 4.78 is 21.4. The fourth-order valence-corrected chi connectivity index (χ4v) is 2.48. The Bertz CT molecular complexity index is 391. The lowest BCUT2D eigenvalue weighted by Crippen LogP contribution is -2.40. The van der Waals surface area contributed by atoms with Gasteiger partial charge in [0.25, 0.3) is 5.90 Å². The molecule has 1 atom stereocenters. The van der Waals surface area contributed by atoms with Crippen molar-refractivity contribution in [2.75, 3.05) is 13.1 Å². The van der Waals surface area contributed by atoms with Crippen LogP contribution in [0.25, 0.3) is 0 Å². The van der Waals surface area contributed by atoms with Gasteiger partial charge in [-0.15, -0.1) is 0 Å². The number of hydrogen-bond donors (Lipinski definition) is 0. The van der Waals surface area contributed by atoms with E-state index in [9.17, 15) is 9.35 Å². The Labute approximate surface area is 131 Å². The number of hydrogen-bond acceptors (Lipinski definition) is 4. The molecule has 0 saturated carbocycles. The number of likely N-dealkylation sites (tertiary alicyclic amines) is 1. The van der Waals surface area contributed by atoms with E-state index in [1.54, 1.807) is 4.90 Å². The zero-order valence-electron chi connectivity index (χ0n) is 14.1. The number of carbonyl (C=O) groups excluding carboxylic acids is 1. The van der Waals surface area contributed by atoms with Gasteiger partial charge in [0, 0.05) is 18.5 Å². The van der Waals surface area contributed by atoms with Crippen LogP contribution in [0.5, 0.6) is 0 Å². The van der Waals surface area contributed by atoms with Crippen LogP contribution < -0.4 is 0 Å². The molecule has 0 aliphatic carbocycles. The molecule has 1 aliphatic rings. The number of nitrogens with zero attached hydrogens (tertiary/aromatic N) is 2.